The van der Waals surface area contributed by atoms with Gasteiger partial charge in [0.2, 0.25) is 0 Å². The molecule has 11 heteroatoms. The molecule has 0 radical (unpaired) electrons. The number of ether oxygens (including phenoxy) is 2. The van der Waals surface area contributed by atoms with Crippen LogP contribution in [0.15, 0.2) is 63.7 Å². The molecule has 0 aromatic heterocycles. The fourth-order valence-electron chi connectivity index (χ4n) is 2.04. The van der Waals surface area contributed by atoms with E-state index in [4.69, 9.17) is 20.2 Å². The first-order valence-corrected chi connectivity index (χ1v) is 10.2. The standard InChI is InChI=1S/C18H14ClN3O6S/c1-12(23)28-18(2,11-20)22-21-15-10-14(29(19,25)26)8-9-16(15)27-17(24)13-6-4-3-5-7-13/h3-10H,1-2H3. The van der Waals surface area contributed by atoms with Gasteiger partial charge in [0.05, 0.1) is 10.5 Å². The van der Waals surface area contributed by atoms with E-state index in [1.54, 1.807) is 24.3 Å². The molecule has 0 bridgehead atoms. The maximum absolute atomic E-state index is 12.3. The van der Waals surface area contributed by atoms with E-state index in [1.807, 2.05) is 0 Å². The minimum atomic E-state index is -4.12. The van der Waals surface area contributed by atoms with E-state index in [-0.39, 0.29) is 21.9 Å². The summed E-state index contributed by atoms with van der Waals surface area (Å²) in [5.74, 6) is -1.65. The molecule has 0 heterocycles. The second kappa shape index (κ2) is 8.81. The molecule has 9 nitrogen and oxygen atoms in total. The van der Waals surface area contributed by atoms with Gasteiger partial charge in [0.15, 0.2) is 5.75 Å². The quantitative estimate of drug-likeness (QED) is 0.292. The molecular weight excluding hydrogens is 422 g/mol. The summed E-state index contributed by atoms with van der Waals surface area (Å²) in [7, 11) is 1.22. The average molecular weight is 436 g/mol. The SMILES string of the molecule is CC(=O)OC(C)(C#N)N=Nc1cc(S(=O)(=O)Cl)ccc1OC(=O)c1ccccc1. The highest BCUT2D eigenvalue weighted by atomic mass is 35.7. The monoisotopic (exact) mass is 435 g/mol. The molecule has 29 heavy (non-hydrogen) atoms. The number of carbonyl (C=O) groups is 2. The van der Waals surface area contributed by atoms with Crippen molar-refractivity contribution in [2.24, 2.45) is 10.2 Å². The Labute approximate surface area is 171 Å². The number of hydrogen-bond acceptors (Lipinski definition) is 9. The smallest absolute Gasteiger partial charge is 0.343 e. The summed E-state index contributed by atoms with van der Waals surface area (Å²) in [5.41, 5.74) is -1.95. The minimum Gasteiger partial charge on any atom is -0.422 e. The predicted molar refractivity (Wildman–Crippen MR) is 101 cm³/mol. The van der Waals surface area contributed by atoms with Crippen LogP contribution < -0.4 is 4.74 Å². The molecule has 2 rings (SSSR count). The predicted octanol–water partition coefficient (Wildman–Crippen LogP) is 3.72. The van der Waals surface area contributed by atoms with Gasteiger partial charge in [0.25, 0.3) is 9.05 Å². The maximum Gasteiger partial charge on any atom is 0.343 e. The molecule has 0 aliphatic heterocycles. The Bertz CT molecular complexity index is 1110. The van der Waals surface area contributed by atoms with E-state index in [0.717, 1.165) is 19.1 Å². The highest BCUT2D eigenvalue weighted by molar-refractivity contribution is 8.13. The number of nitriles is 1. The van der Waals surface area contributed by atoms with Crippen molar-refractivity contribution in [2.45, 2.75) is 24.5 Å². The van der Waals surface area contributed by atoms with Crippen molar-refractivity contribution in [1.82, 2.24) is 0 Å². The summed E-state index contributed by atoms with van der Waals surface area (Å²) in [6.07, 6.45) is 0. The van der Waals surface area contributed by atoms with Gasteiger partial charge in [-0.2, -0.15) is 5.26 Å². The van der Waals surface area contributed by atoms with Gasteiger partial charge in [0, 0.05) is 24.5 Å². The van der Waals surface area contributed by atoms with Gasteiger partial charge in [0.1, 0.15) is 11.8 Å². The number of benzene rings is 2. The lowest BCUT2D eigenvalue weighted by Gasteiger charge is -2.14. The molecule has 0 spiro atoms. The van der Waals surface area contributed by atoms with E-state index in [0.29, 0.717) is 0 Å². The Morgan fingerprint density at radius 1 is 1.17 bits per heavy atom. The molecule has 0 aliphatic rings. The van der Waals surface area contributed by atoms with Crippen molar-refractivity contribution >= 4 is 37.4 Å². The van der Waals surface area contributed by atoms with Crippen molar-refractivity contribution in [3.63, 3.8) is 0 Å². The third-order valence-electron chi connectivity index (χ3n) is 3.32. The largest absolute Gasteiger partial charge is 0.422 e. The molecule has 0 N–H and O–H groups in total. The van der Waals surface area contributed by atoms with E-state index in [2.05, 4.69) is 10.2 Å². The first-order valence-electron chi connectivity index (χ1n) is 7.94. The first kappa shape index (κ1) is 22.0. The maximum atomic E-state index is 12.3. The van der Waals surface area contributed by atoms with E-state index >= 15 is 0 Å². The highest BCUT2D eigenvalue weighted by Crippen LogP contribution is 2.33. The fourth-order valence-corrected chi connectivity index (χ4v) is 2.81. The molecule has 2 aromatic rings. The van der Waals surface area contributed by atoms with Crippen LogP contribution in [0.1, 0.15) is 24.2 Å². The average Bonchev–Trinajstić information content (AvgIpc) is 2.66. The zero-order chi connectivity index (χ0) is 21.7. The number of halogens is 1. The van der Waals surface area contributed by atoms with E-state index < -0.39 is 26.7 Å². The third-order valence-corrected chi connectivity index (χ3v) is 4.67. The lowest BCUT2D eigenvalue weighted by atomic mass is 10.2. The van der Waals surface area contributed by atoms with Crippen LogP contribution in [0.3, 0.4) is 0 Å². The van der Waals surface area contributed by atoms with Crippen LogP contribution in [0.2, 0.25) is 0 Å². The summed E-state index contributed by atoms with van der Waals surface area (Å²) in [4.78, 5) is 23.1. The molecule has 0 fully saturated rings. The number of azo groups is 1. The Morgan fingerprint density at radius 2 is 1.83 bits per heavy atom. The van der Waals surface area contributed by atoms with Gasteiger partial charge in [-0.15, -0.1) is 10.2 Å². The van der Waals surface area contributed by atoms with Crippen molar-refractivity contribution in [3.8, 4) is 11.8 Å². The lowest BCUT2D eigenvalue weighted by molar-refractivity contribution is -0.150. The second-order valence-electron chi connectivity index (χ2n) is 5.71. The minimum absolute atomic E-state index is 0.144. The zero-order valence-electron chi connectivity index (χ0n) is 15.2. The number of nitrogens with zero attached hydrogens (tertiary/aromatic N) is 3. The van der Waals surface area contributed by atoms with Gasteiger partial charge < -0.3 is 9.47 Å². The number of rotatable bonds is 6. The molecule has 150 valence electrons. The van der Waals surface area contributed by atoms with Crippen LogP contribution in [0.5, 0.6) is 5.75 Å². The van der Waals surface area contributed by atoms with Crippen LogP contribution in [-0.4, -0.2) is 26.1 Å². The van der Waals surface area contributed by atoms with Gasteiger partial charge in [-0.05, 0) is 30.3 Å². The lowest BCUT2D eigenvalue weighted by Crippen LogP contribution is -2.25. The zero-order valence-corrected chi connectivity index (χ0v) is 16.8. The van der Waals surface area contributed by atoms with Gasteiger partial charge in [-0.3, -0.25) is 4.79 Å². The van der Waals surface area contributed by atoms with E-state index in [9.17, 15) is 23.3 Å². The molecule has 0 saturated heterocycles. The van der Waals surface area contributed by atoms with Crippen LogP contribution in [0.4, 0.5) is 5.69 Å². The van der Waals surface area contributed by atoms with Gasteiger partial charge in [-0.1, -0.05) is 18.2 Å². The van der Waals surface area contributed by atoms with Gasteiger partial charge in [-0.25, -0.2) is 13.2 Å². The van der Waals surface area contributed by atoms with Crippen molar-refractivity contribution < 1.29 is 27.5 Å². The summed E-state index contributed by atoms with van der Waals surface area (Å²) in [6, 6.07) is 13.0. The topological polar surface area (TPSA) is 135 Å². The third kappa shape index (κ3) is 6.10. The molecule has 0 amide bonds. The van der Waals surface area contributed by atoms with Crippen LogP contribution in [-0.2, 0) is 18.6 Å². The molecular formula is C18H14ClN3O6S. The summed E-state index contributed by atoms with van der Waals surface area (Å²) in [6.45, 7) is 2.26. The molecule has 2 aromatic carbocycles. The summed E-state index contributed by atoms with van der Waals surface area (Å²) >= 11 is 0. The molecule has 1 atom stereocenters. The van der Waals surface area contributed by atoms with Crippen molar-refractivity contribution in [3.05, 3.63) is 54.1 Å². The summed E-state index contributed by atoms with van der Waals surface area (Å²) < 4.78 is 33.3. The van der Waals surface area contributed by atoms with Gasteiger partial charge >= 0.3 is 17.7 Å². The van der Waals surface area contributed by atoms with Crippen molar-refractivity contribution in [1.29, 1.82) is 5.26 Å². The molecule has 0 aliphatic carbocycles. The fraction of sp³-hybridized carbons (Fsp3) is 0.167. The van der Waals surface area contributed by atoms with Crippen LogP contribution >= 0.6 is 10.7 Å². The second-order valence-corrected chi connectivity index (χ2v) is 8.28. The van der Waals surface area contributed by atoms with Crippen molar-refractivity contribution in [2.75, 3.05) is 0 Å². The Hall–Kier alpha value is -3.29. The number of esters is 2. The van der Waals surface area contributed by atoms with Crippen LogP contribution in [0, 0.1) is 11.3 Å². The normalized spacial score (nSPS) is 13.3. The van der Waals surface area contributed by atoms with Crippen LogP contribution in [0.25, 0.3) is 0 Å². The Kier molecular flexibility index (Phi) is 6.68. The Morgan fingerprint density at radius 3 is 2.38 bits per heavy atom. The molecule has 1 unspecified atom stereocenters. The first-order chi connectivity index (χ1) is 13.5. The highest BCUT2D eigenvalue weighted by Gasteiger charge is 2.27. The summed E-state index contributed by atoms with van der Waals surface area (Å²) in [5, 5.41) is 16.6. The number of carbonyl (C=O) groups excluding carboxylic acids is 2. The Balaban J connectivity index is 2.47. The number of hydrogen-bond donors (Lipinski definition) is 0. The van der Waals surface area contributed by atoms with E-state index in [1.165, 1.54) is 25.1 Å². The molecule has 0 saturated carbocycles.